The van der Waals surface area contributed by atoms with E-state index < -0.39 is 11.8 Å². The molecule has 0 fully saturated rings. The maximum atomic E-state index is 13.3. The summed E-state index contributed by atoms with van der Waals surface area (Å²) in [4.78, 5) is 11.7. The van der Waals surface area contributed by atoms with Crippen LogP contribution in [-0.4, -0.2) is 28.0 Å². The summed E-state index contributed by atoms with van der Waals surface area (Å²) in [6.07, 6.45) is 5.34. The molecule has 0 aliphatic rings. The van der Waals surface area contributed by atoms with Gasteiger partial charge in [0.15, 0.2) is 5.69 Å². The number of halogens is 1. The molecule has 0 saturated carbocycles. The number of hydrogen-bond donors (Lipinski definition) is 1. The van der Waals surface area contributed by atoms with E-state index >= 15 is 0 Å². The Bertz CT molecular complexity index is 658. The number of terminal acetylenes is 1. The molecule has 19 heavy (non-hydrogen) atoms. The monoisotopic (exact) mass is 259 g/mol. The molecular formula is C13H10FN3O2. The number of hydrogen-bond acceptors (Lipinski definition) is 4. The van der Waals surface area contributed by atoms with Crippen molar-refractivity contribution in [1.82, 2.24) is 15.4 Å². The summed E-state index contributed by atoms with van der Waals surface area (Å²) < 4.78 is 18.2. The number of aromatic nitrogens is 3. The summed E-state index contributed by atoms with van der Waals surface area (Å²) in [6, 6.07) is 3.88. The molecule has 5 nitrogen and oxygen atoms in total. The second-order valence-electron chi connectivity index (χ2n) is 3.58. The second-order valence-corrected chi connectivity index (χ2v) is 3.58. The number of rotatable bonds is 3. The zero-order chi connectivity index (χ0) is 13.8. The van der Waals surface area contributed by atoms with Gasteiger partial charge in [0.25, 0.3) is 0 Å². The molecule has 6 heteroatoms. The summed E-state index contributed by atoms with van der Waals surface area (Å²) in [6.45, 7) is 1.88. The molecule has 2 aromatic rings. The van der Waals surface area contributed by atoms with Crippen molar-refractivity contribution in [1.29, 1.82) is 0 Å². The van der Waals surface area contributed by atoms with Gasteiger partial charge in [0.05, 0.1) is 6.61 Å². The SMILES string of the molecule is C#Cc1ccc(F)cc1-c1n[nH]nc1C(=O)OCC. The molecule has 1 heterocycles. The number of H-pyrrole nitrogens is 1. The molecule has 0 unspecified atom stereocenters. The van der Waals surface area contributed by atoms with E-state index in [2.05, 4.69) is 21.3 Å². The van der Waals surface area contributed by atoms with Crippen molar-refractivity contribution < 1.29 is 13.9 Å². The fourth-order valence-corrected chi connectivity index (χ4v) is 1.60. The summed E-state index contributed by atoms with van der Waals surface area (Å²) in [7, 11) is 0. The standard InChI is InChI=1S/C13H10FN3O2/c1-3-8-5-6-9(14)7-10(8)11-12(16-17-15-11)13(18)19-4-2/h1,5-7H,4H2,2H3,(H,15,16,17). The van der Waals surface area contributed by atoms with Crippen molar-refractivity contribution in [3.8, 4) is 23.6 Å². The average molecular weight is 259 g/mol. The number of aromatic amines is 1. The largest absolute Gasteiger partial charge is 0.461 e. The van der Waals surface area contributed by atoms with E-state index in [0.717, 1.165) is 0 Å². The molecule has 0 radical (unpaired) electrons. The van der Waals surface area contributed by atoms with Gasteiger partial charge >= 0.3 is 5.97 Å². The van der Waals surface area contributed by atoms with Crippen molar-refractivity contribution >= 4 is 5.97 Å². The average Bonchev–Trinajstić information content (AvgIpc) is 2.88. The van der Waals surface area contributed by atoms with E-state index in [1.54, 1.807) is 6.92 Å². The van der Waals surface area contributed by atoms with Crippen molar-refractivity contribution in [3.63, 3.8) is 0 Å². The Balaban J connectivity index is 2.55. The van der Waals surface area contributed by atoms with Crippen LogP contribution in [0.1, 0.15) is 23.0 Å². The molecule has 1 aromatic carbocycles. The first-order valence-corrected chi connectivity index (χ1v) is 5.51. The molecule has 96 valence electrons. The lowest BCUT2D eigenvalue weighted by molar-refractivity contribution is 0.0520. The van der Waals surface area contributed by atoms with E-state index in [9.17, 15) is 9.18 Å². The Morgan fingerprint density at radius 1 is 1.53 bits per heavy atom. The number of carbonyl (C=O) groups is 1. The van der Waals surface area contributed by atoms with Gasteiger partial charge < -0.3 is 4.74 Å². The molecule has 1 N–H and O–H groups in total. The lowest BCUT2D eigenvalue weighted by Gasteiger charge is -2.04. The van der Waals surface area contributed by atoms with Gasteiger partial charge in [-0.2, -0.15) is 10.3 Å². The molecule has 1 aromatic heterocycles. The van der Waals surface area contributed by atoms with Gasteiger partial charge in [-0.3, -0.25) is 0 Å². The van der Waals surface area contributed by atoms with Crippen LogP contribution in [0.15, 0.2) is 18.2 Å². The normalized spacial score (nSPS) is 9.95. The highest BCUT2D eigenvalue weighted by Crippen LogP contribution is 2.25. The predicted molar refractivity (Wildman–Crippen MR) is 65.7 cm³/mol. The number of nitrogens with one attached hydrogen (secondary N) is 1. The maximum Gasteiger partial charge on any atom is 0.361 e. The predicted octanol–water partition coefficient (Wildman–Crippen LogP) is 1.77. The van der Waals surface area contributed by atoms with Crippen LogP contribution in [0.4, 0.5) is 4.39 Å². The Morgan fingerprint density at radius 2 is 2.32 bits per heavy atom. The number of esters is 1. The number of nitrogens with zero attached hydrogens (tertiary/aromatic N) is 2. The van der Waals surface area contributed by atoms with Crippen molar-refractivity contribution in [2.24, 2.45) is 0 Å². The molecule has 0 aliphatic carbocycles. The van der Waals surface area contributed by atoms with Crippen LogP contribution in [0.3, 0.4) is 0 Å². The minimum atomic E-state index is -0.640. The van der Waals surface area contributed by atoms with Crippen molar-refractivity contribution in [2.75, 3.05) is 6.61 Å². The third-order valence-corrected chi connectivity index (χ3v) is 2.41. The Labute approximate surface area is 108 Å². The highest BCUT2D eigenvalue weighted by Gasteiger charge is 2.21. The lowest BCUT2D eigenvalue weighted by atomic mass is 10.0. The summed E-state index contributed by atoms with van der Waals surface area (Å²) >= 11 is 0. The third-order valence-electron chi connectivity index (χ3n) is 2.41. The maximum absolute atomic E-state index is 13.3. The van der Waals surface area contributed by atoms with E-state index in [1.807, 2.05) is 0 Å². The molecule has 0 bridgehead atoms. The van der Waals surface area contributed by atoms with Crippen LogP contribution >= 0.6 is 0 Å². The van der Waals surface area contributed by atoms with Gasteiger partial charge in [0, 0.05) is 11.1 Å². The lowest BCUT2D eigenvalue weighted by Crippen LogP contribution is -2.07. The molecule has 0 saturated heterocycles. The van der Waals surface area contributed by atoms with Crippen molar-refractivity contribution in [2.45, 2.75) is 6.92 Å². The molecule has 2 rings (SSSR count). The Morgan fingerprint density at radius 3 is 3.00 bits per heavy atom. The van der Waals surface area contributed by atoms with E-state index in [1.165, 1.54) is 18.2 Å². The van der Waals surface area contributed by atoms with Crippen LogP contribution < -0.4 is 0 Å². The van der Waals surface area contributed by atoms with Crippen LogP contribution in [0.25, 0.3) is 11.3 Å². The topological polar surface area (TPSA) is 67.9 Å². The number of ether oxygens (including phenoxy) is 1. The van der Waals surface area contributed by atoms with Gasteiger partial charge in [0.1, 0.15) is 11.5 Å². The molecule has 0 amide bonds. The van der Waals surface area contributed by atoms with Gasteiger partial charge in [0.2, 0.25) is 0 Å². The van der Waals surface area contributed by atoms with Crippen LogP contribution in [0.5, 0.6) is 0 Å². The molecule has 0 spiro atoms. The Hall–Kier alpha value is -2.68. The third kappa shape index (κ3) is 2.45. The quantitative estimate of drug-likeness (QED) is 0.673. The first kappa shape index (κ1) is 12.8. The fourth-order valence-electron chi connectivity index (χ4n) is 1.60. The van der Waals surface area contributed by atoms with Gasteiger partial charge in [-0.1, -0.05) is 5.92 Å². The first-order valence-electron chi connectivity index (χ1n) is 5.51. The zero-order valence-electron chi connectivity index (χ0n) is 10.1. The number of benzene rings is 1. The minimum Gasteiger partial charge on any atom is -0.461 e. The van der Waals surface area contributed by atoms with E-state index in [-0.39, 0.29) is 18.0 Å². The summed E-state index contributed by atoms with van der Waals surface area (Å²) in [5.41, 5.74) is 0.884. The van der Waals surface area contributed by atoms with Gasteiger partial charge in [-0.25, -0.2) is 9.18 Å². The highest BCUT2D eigenvalue weighted by molar-refractivity contribution is 5.94. The Kier molecular flexibility index (Phi) is 3.57. The van der Waals surface area contributed by atoms with Crippen LogP contribution in [0.2, 0.25) is 0 Å². The molecule has 0 aliphatic heterocycles. The van der Waals surface area contributed by atoms with Crippen molar-refractivity contribution in [3.05, 3.63) is 35.3 Å². The van der Waals surface area contributed by atoms with E-state index in [4.69, 9.17) is 11.2 Å². The smallest absolute Gasteiger partial charge is 0.361 e. The minimum absolute atomic E-state index is 0.0241. The molecular weight excluding hydrogens is 249 g/mol. The first-order chi connectivity index (χ1) is 9.17. The van der Waals surface area contributed by atoms with Crippen LogP contribution in [0, 0.1) is 18.2 Å². The second kappa shape index (κ2) is 5.31. The summed E-state index contributed by atoms with van der Waals surface area (Å²) in [5, 5.41) is 9.87. The zero-order valence-corrected chi connectivity index (χ0v) is 10.1. The van der Waals surface area contributed by atoms with E-state index in [0.29, 0.717) is 11.1 Å². The number of carbonyl (C=O) groups excluding carboxylic acids is 1. The summed E-state index contributed by atoms with van der Waals surface area (Å²) in [5.74, 6) is 1.29. The van der Waals surface area contributed by atoms with Crippen LogP contribution in [-0.2, 0) is 4.74 Å². The van der Waals surface area contributed by atoms with Gasteiger partial charge in [-0.15, -0.1) is 11.5 Å². The fraction of sp³-hybridized carbons (Fsp3) is 0.154. The molecule has 0 atom stereocenters. The van der Waals surface area contributed by atoms with Gasteiger partial charge in [-0.05, 0) is 25.1 Å². The highest BCUT2D eigenvalue weighted by atomic mass is 19.1.